The van der Waals surface area contributed by atoms with Crippen LogP contribution in [0.5, 0.6) is 0 Å². The topological polar surface area (TPSA) is 64.9 Å². The Balaban J connectivity index is 1.61. The number of imidazole rings is 1. The lowest BCUT2D eigenvalue weighted by molar-refractivity contribution is 0.0593. The molecule has 1 saturated heterocycles. The van der Waals surface area contributed by atoms with Gasteiger partial charge in [0.05, 0.1) is 16.7 Å². The monoisotopic (exact) mass is 379 g/mol. The Labute approximate surface area is 139 Å². The van der Waals surface area contributed by atoms with Gasteiger partial charge >= 0.3 is 0 Å². The van der Waals surface area contributed by atoms with Crippen LogP contribution in [0.2, 0.25) is 0 Å². The number of nitrogens with zero attached hydrogens (tertiary/aromatic N) is 4. The molecule has 6 nitrogen and oxygen atoms in total. The van der Waals surface area contributed by atoms with Gasteiger partial charge in [0.15, 0.2) is 17.0 Å². The molecular formula is C14H14BrN5OS. The molecule has 0 aliphatic carbocycles. The molecule has 0 saturated carbocycles. The van der Waals surface area contributed by atoms with Crippen molar-refractivity contribution in [3.63, 3.8) is 0 Å². The molecule has 114 valence electrons. The maximum Gasteiger partial charge on any atom is 0.167 e. The van der Waals surface area contributed by atoms with E-state index in [1.807, 2.05) is 10.6 Å². The third kappa shape index (κ3) is 2.62. The van der Waals surface area contributed by atoms with Crippen molar-refractivity contribution in [2.45, 2.75) is 25.6 Å². The molecule has 8 heteroatoms. The Morgan fingerprint density at radius 1 is 1.36 bits per heavy atom. The van der Waals surface area contributed by atoms with Gasteiger partial charge in [0.2, 0.25) is 0 Å². The second-order valence-corrected chi connectivity index (χ2v) is 7.62. The van der Waals surface area contributed by atoms with E-state index in [0.717, 1.165) is 46.8 Å². The number of rotatable bonds is 4. The van der Waals surface area contributed by atoms with Gasteiger partial charge in [-0.25, -0.2) is 15.0 Å². The standard InChI is InChI=1S/C14H14BrN5OS/c15-10-4-3-9(22-10)6-16-13-12-14(18-7-17-13)20(8-19-12)11-2-1-5-21-11/h3-4,7-8,11H,1-2,5-6H2,(H,16,17,18). The van der Waals surface area contributed by atoms with Crippen LogP contribution >= 0.6 is 27.3 Å². The van der Waals surface area contributed by atoms with Crippen molar-refractivity contribution in [2.24, 2.45) is 0 Å². The van der Waals surface area contributed by atoms with Crippen molar-refractivity contribution in [1.82, 2.24) is 19.5 Å². The quantitative estimate of drug-likeness (QED) is 0.750. The number of anilines is 1. The van der Waals surface area contributed by atoms with Crippen molar-refractivity contribution in [3.8, 4) is 0 Å². The molecule has 4 rings (SSSR count). The van der Waals surface area contributed by atoms with Crippen LogP contribution in [0.15, 0.2) is 28.6 Å². The first kappa shape index (κ1) is 14.1. The normalized spacial score (nSPS) is 18.1. The molecule has 0 amide bonds. The Morgan fingerprint density at radius 3 is 3.09 bits per heavy atom. The zero-order valence-electron chi connectivity index (χ0n) is 11.7. The minimum Gasteiger partial charge on any atom is -0.363 e. The number of thiophene rings is 1. The molecule has 3 aromatic rings. The second-order valence-electron chi connectivity index (χ2n) is 5.07. The predicted molar refractivity (Wildman–Crippen MR) is 88.9 cm³/mol. The summed E-state index contributed by atoms with van der Waals surface area (Å²) < 4.78 is 8.84. The number of hydrogen-bond acceptors (Lipinski definition) is 6. The summed E-state index contributed by atoms with van der Waals surface area (Å²) in [6.07, 6.45) is 5.49. The van der Waals surface area contributed by atoms with Crippen LogP contribution in [-0.2, 0) is 11.3 Å². The van der Waals surface area contributed by atoms with E-state index in [9.17, 15) is 0 Å². The van der Waals surface area contributed by atoms with Crippen molar-refractivity contribution < 1.29 is 4.74 Å². The highest BCUT2D eigenvalue weighted by atomic mass is 79.9. The van der Waals surface area contributed by atoms with E-state index in [4.69, 9.17) is 4.74 Å². The first-order valence-corrected chi connectivity index (χ1v) is 8.69. The third-order valence-electron chi connectivity index (χ3n) is 3.63. The Bertz CT molecular complexity index is 795. The lowest BCUT2D eigenvalue weighted by atomic mass is 10.3. The van der Waals surface area contributed by atoms with E-state index in [0.29, 0.717) is 0 Å². The van der Waals surface area contributed by atoms with Crippen molar-refractivity contribution in [3.05, 3.63) is 33.5 Å². The number of fused-ring (bicyclic) bond motifs is 1. The Hall–Kier alpha value is -1.51. The molecule has 4 heterocycles. The van der Waals surface area contributed by atoms with Gasteiger partial charge in [-0.1, -0.05) is 0 Å². The van der Waals surface area contributed by atoms with Crippen LogP contribution in [0.4, 0.5) is 5.82 Å². The number of hydrogen-bond donors (Lipinski definition) is 1. The Kier molecular flexibility index (Phi) is 3.81. The van der Waals surface area contributed by atoms with Gasteiger partial charge in [-0.2, -0.15) is 0 Å². The average molecular weight is 380 g/mol. The van der Waals surface area contributed by atoms with E-state index < -0.39 is 0 Å². The summed E-state index contributed by atoms with van der Waals surface area (Å²) in [5.41, 5.74) is 1.60. The summed E-state index contributed by atoms with van der Waals surface area (Å²) in [7, 11) is 0. The molecule has 1 atom stereocenters. The summed E-state index contributed by atoms with van der Waals surface area (Å²) in [6, 6.07) is 4.13. The fraction of sp³-hybridized carbons (Fsp3) is 0.357. The highest BCUT2D eigenvalue weighted by molar-refractivity contribution is 9.11. The molecule has 22 heavy (non-hydrogen) atoms. The summed E-state index contributed by atoms with van der Waals surface area (Å²) in [6.45, 7) is 1.52. The Morgan fingerprint density at radius 2 is 2.32 bits per heavy atom. The molecule has 0 bridgehead atoms. The lowest BCUT2D eigenvalue weighted by Crippen LogP contribution is -2.07. The van der Waals surface area contributed by atoms with Crippen LogP contribution in [0.3, 0.4) is 0 Å². The van der Waals surface area contributed by atoms with E-state index in [1.165, 1.54) is 4.88 Å². The third-order valence-corrected chi connectivity index (χ3v) is 5.26. The summed E-state index contributed by atoms with van der Waals surface area (Å²) >= 11 is 5.18. The maximum atomic E-state index is 5.72. The van der Waals surface area contributed by atoms with Gasteiger partial charge in [-0.15, -0.1) is 11.3 Å². The fourth-order valence-corrected chi connectivity index (χ4v) is 4.01. The van der Waals surface area contributed by atoms with Crippen LogP contribution < -0.4 is 5.32 Å². The number of nitrogens with one attached hydrogen (secondary N) is 1. The second kappa shape index (κ2) is 5.94. The zero-order chi connectivity index (χ0) is 14.9. The van der Waals surface area contributed by atoms with E-state index in [1.54, 1.807) is 24.0 Å². The van der Waals surface area contributed by atoms with Crippen molar-refractivity contribution >= 4 is 44.2 Å². The zero-order valence-corrected chi connectivity index (χ0v) is 14.1. The minimum atomic E-state index is 0.0426. The molecule has 1 unspecified atom stereocenters. The van der Waals surface area contributed by atoms with Gasteiger partial charge in [0, 0.05) is 11.5 Å². The van der Waals surface area contributed by atoms with Crippen LogP contribution in [-0.4, -0.2) is 26.1 Å². The van der Waals surface area contributed by atoms with Gasteiger partial charge in [0.25, 0.3) is 0 Å². The van der Waals surface area contributed by atoms with E-state index >= 15 is 0 Å². The largest absolute Gasteiger partial charge is 0.363 e. The molecule has 1 fully saturated rings. The first-order chi connectivity index (χ1) is 10.8. The van der Waals surface area contributed by atoms with Crippen molar-refractivity contribution in [2.75, 3.05) is 11.9 Å². The van der Waals surface area contributed by atoms with Gasteiger partial charge in [0.1, 0.15) is 12.6 Å². The van der Waals surface area contributed by atoms with Gasteiger partial charge in [-0.3, -0.25) is 4.57 Å². The van der Waals surface area contributed by atoms with E-state index in [2.05, 4.69) is 42.3 Å². The van der Waals surface area contributed by atoms with Crippen molar-refractivity contribution in [1.29, 1.82) is 0 Å². The molecule has 0 spiro atoms. The average Bonchev–Trinajstić information content (AvgIpc) is 3.24. The van der Waals surface area contributed by atoms with Gasteiger partial charge < -0.3 is 10.1 Å². The highest BCUT2D eigenvalue weighted by Gasteiger charge is 2.21. The molecule has 1 N–H and O–H groups in total. The van der Waals surface area contributed by atoms with Crippen LogP contribution in [0, 0.1) is 0 Å². The number of ether oxygens (including phenoxy) is 1. The summed E-state index contributed by atoms with van der Waals surface area (Å²) in [4.78, 5) is 14.4. The van der Waals surface area contributed by atoms with Crippen LogP contribution in [0.1, 0.15) is 23.9 Å². The SMILES string of the molecule is Brc1ccc(CNc2ncnc3c2ncn3C2CCCO2)s1. The smallest absolute Gasteiger partial charge is 0.167 e. The number of halogens is 1. The first-order valence-electron chi connectivity index (χ1n) is 7.08. The minimum absolute atomic E-state index is 0.0426. The molecule has 1 aliphatic heterocycles. The molecule has 1 aliphatic rings. The molecule has 0 aromatic carbocycles. The molecule has 0 radical (unpaired) electrons. The molecular weight excluding hydrogens is 366 g/mol. The molecule has 3 aromatic heterocycles. The maximum absolute atomic E-state index is 5.72. The summed E-state index contributed by atoms with van der Waals surface area (Å²) in [5, 5.41) is 3.34. The fourth-order valence-electron chi connectivity index (χ4n) is 2.59. The van der Waals surface area contributed by atoms with Crippen LogP contribution in [0.25, 0.3) is 11.2 Å². The predicted octanol–water partition coefficient (Wildman–Crippen LogP) is 3.57. The van der Waals surface area contributed by atoms with Gasteiger partial charge in [-0.05, 0) is 40.9 Å². The highest BCUT2D eigenvalue weighted by Crippen LogP contribution is 2.28. The number of aromatic nitrogens is 4. The lowest BCUT2D eigenvalue weighted by Gasteiger charge is -2.11. The van der Waals surface area contributed by atoms with E-state index in [-0.39, 0.29) is 6.23 Å². The summed E-state index contributed by atoms with van der Waals surface area (Å²) in [5.74, 6) is 0.756.